The number of aromatic nitrogens is 3. The van der Waals surface area contributed by atoms with Gasteiger partial charge in [-0.2, -0.15) is 5.10 Å². The van der Waals surface area contributed by atoms with E-state index in [-0.39, 0.29) is 44.8 Å². The molecule has 2 aromatic rings. The van der Waals surface area contributed by atoms with Crippen LogP contribution < -0.4 is 5.73 Å². The number of morpholine rings is 1. The first-order chi connectivity index (χ1) is 27.0. The van der Waals surface area contributed by atoms with E-state index in [0.717, 1.165) is 71.4 Å². The van der Waals surface area contributed by atoms with E-state index in [1.165, 1.54) is 35.2 Å². The molecular weight excluding hydrogens is 735 g/mol. The maximum Gasteiger partial charge on any atom is 0.306 e. The van der Waals surface area contributed by atoms with Gasteiger partial charge in [-0.05, 0) is 130 Å². The molecule has 0 amide bonds. The predicted molar refractivity (Wildman–Crippen MR) is 239 cm³/mol. The van der Waals surface area contributed by atoms with Crippen LogP contribution in [0.1, 0.15) is 157 Å². The van der Waals surface area contributed by atoms with Crippen LogP contribution in [0.4, 0.5) is 5.82 Å². The Bertz CT molecular complexity index is 1930. The van der Waals surface area contributed by atoms with Gasteiger partial charge in [-0.15, -0.1) is 0 Å². The third kappa shape index (κ3) is 5.91. The summed E-state index contributed by atoms with van der Waals surface area (Å²) in [5.74, 6) is 1.18. The molecule has 3 saturated carbocycles. The monoisotopic (exact) mass is 814 g/mol. The van der Waals surface area contributed by atoms with Crippen molar-refractivity contribution in [2.45, 2.75) is 170 Å². The van der Waals surface area contributed by atoms with Crippen molar-refractivity contribution < 1.29 is 14.6 Å². The van der Waals surface area contributed by atoms with Gasteiger partial charge in [-0.3, -0.25) is 14.8 Å². The van der Waals surface area contributed by atoms with Crippen molar-refractivity contribution in [2.75, 3.05) is 32.0 Å². The molecule has 4 fully saturated rings. The van der Waals surface area contributed by atoms with Gasteiger partial charge < -0.3 is 19.8 Å². The standard InChI is InChI=1S/C49H79N5O3Si/c1-29(2)58(30(3)4,31(5)6)54-27-32(26-53-18-20-57-21-19-53)38(28-54)34-22-40-47(11)25-37-42(51-52-43(37)50)46(9,10)39(47)15-17-48(40,12)49(13)16-14-33-35(41(34)49)23-45(7,8)24-36(33)44(55)56/h27-31,33,35-36,39-40H,14-26H2,1-13H3,(H,55,56)(H3,50,51,52)/t33?,35?,36-,39?,40?,47?,48?,49?/m1/s1. The number of nitrogen functional groups attached to an aromatic ring is 1. The molecule has 8 rings (SSSR count). The number of H-pyrrole nitrogens is 1. The SMILES string of the molecule is CC(C)[Si](C(C)C)(C(C)C)n1cc(CN2CCOCC2)c(C2=C3C4CC(C)(C)C[C@@H](C(=O)O)C4CCC3(C)C3(C)CCC4C(C)(C)c5[nH]nc(N)c5CC4(C)C3C2)c1. The van der Waals surface area contributed by atoms with Crippen molar-refractivity contribution in [3.63, 3.8) is 0 Å². The molecule has 58 heavy (non-hydrogen) atoms. The number of nitrogens with zero attached hydrogens (tertiary/aromatic N) is 3. The van der Waals surface area contributed by atoms with Crippen molar-refractivity contribution in [2.24, 2.45) is 51.2 Å². The second-order valence-electron chi connectivity index (χ2n) is 23.5. The van der Waals surface area contributed by atoms with E-state index in [1.54, 1.807) is 11.1 Å². The smallest absolute Gasteiger partial charge is 0.306 e. The molecule has 9 heteroatoms. The number of fused-ring (bicyclic) bond motifs is 8. The number of nitrogens with two attached hydrogens (primary N) is 1. The summed E-state index contributed by atoms with van der Waals surface area (Å²) >= 11 is 0. The number of hydrogen-bond donors (Lipinski definition) is 3. The van der Waals surface area contributed by atoms with E-state index in [2.05, 4.69) is 122 Å². The minimum atomic E-state index is -2.09. The minimum absolute atomic E-state index is 0.0206. The van der Waals surface area contributed by atoms with Crippen molar-refractivity contribution in [3.05, 3.63) is 40.4 Å². The van der Waals surface area contributed by atoms with Crippen LogP contribution in [0.5, 0.6) is 0 Å². The molecule has 0 radical (unpaired) electrons. The molecule has 322 valence electrons. The Labute approximate surface area is 352 Å². The van der Waals surface area contributed by atoms with Crippen LogP contribution in [0.25, 0.3) is 5.57 Å². The number of nitrogens with one attached hydrogen (secondary N) is 1. The molecule has 5 aliphatic carbocycles. The lowest BCUT2D eigenvalue weighted by molar-refractivity contribution is -0.161. The number of ether oxygens (including phenoxy) is 1. The van der Waals surface area contributed by atoms with Gasteiger partial charge in [0.1, 0.15) is 5.82 Å². The Kier molecular flexibility index (Phi) is 10.3. The van der Waals surface area contributed by atoms with Gasteiger partial charge in [0.2, 0.25) is 0 Å². The molecule has 2 aromatic heterocycles. The zero-order valence-electron chi connectivity index (χ0n) is 38.6. The first kappa shape index (κ1) is 42.3. The van der Waals surface area contributed by atoms with Crippen molar-refractivity contribution in [1.82, 2.24) is 19.3 Å². The number of anilines is 1. The average Bonchev–Trinajstić information content (AvgIpc) is 3.70. The highest BCUT2D eigenvalue weighted by Crippen LogP contribution is 2.76. The fraction of sp³-hybridized carbons (Fsp3) is 0.796. The zero-order chi connectivity index (χ0) is 42.1. The largest absolute Gasteiger partial charge is 0.481 e. The number of hydrogen-bond acceptors (Lipinski definition) is 5. The van der Waals surface area contributed by atoms with Gasteiger partial charge in [0.25, 0.3) is 0 Å². The number of carboxylic acid groups (broad SMARTS) is 1. The molecule has 8 nitrogen and oxygen atoms in total. The Morgan fingerprint density at radius 1 is 0.948 bits per heavy atom. The van der Waals surface area contributed by atoms with Crippen molar-refractivity contribution in [3.8, 4) is 0 Å². The highest BCUT2D eigenvalue weighted by Gasteiger charge is 2.69. The van der Waals surface area contributed by atoms with Crippen LogP contribution in [0.3, 0.4) is 0 Å². The van der Waals surface area contributed by atoms with Gasteiger partial charge in [0, 0.05) is 48.7 Å². The summed E-state index contributed by atoms with van der Waals surface area (Å²) in [5, 5.41) is 19.0. The number of aliphatic carboxylic acids is 1. The summed E-state index contributed by atoms with van der Waals surface area (Å²) in [4.78, 5) is 15.9. The third-order valence-corrected chi connectivity index (χ3v) is 25.8. The second-order valence-corrected chi connectivity index (χ2v) is 29.3. The molecule has 8 atom stereocenters. The van der Waals surface area contributed by atoms with E-state index in [9.17, 15) is 9.90 Å². The molecule has 6 aliphatic rings. The molecule has 1 aliphatic heterocycles. The molecular formula is C49H79N5O3Si. The minimum Gasteiger partial charge on any atom is -0.481 e. The van der Waals surface area contributed by atoms with Crippen LogP contribution in [-0.2, 0) is 27.9 Å². The third-order valence-electron chi connectivity index (χ3n) is 19.1. The van der Waals surface area contributed by atoms with E-state index in [0.29, 0.717) is 34.3 Å². The second kappa shape index (κ2) is 14.1. The molecule has 0 aromatic carbocycles. The lowest BCUT2D eigenvalue weighted by Crippen LogP contribution is -2.64. The van der Waals surface area contributed by atoms with Gasteiger partial charge >= 0.3 is 5.97 Å². The number of carbonyl (C=O) groups is 1. The summed E-state index contributed by atoms with van der Waals surface area (Å²) in [7, 11) is -2.09. The number of carboxylic acids is 1. The summed E-state index contributed by atoms with van der Waals surface area (Å²) in [6.07, 6.45) is 13.6. The fourth-order valence-corrected chi connectivity index (χ4v) is 23.2. The molecule has 4 N–H and O–H groups in total. The lowest BCUT2D eigenvalue weighted by Gasteiger charge is -2.70. The van der Waals surface area contributed by atoms with Gasteiger partial charge in [-0.1, -0.05) is 95.6 Å². The first-order valence-corrected chi connectivity index (χ1v) is 25.5. The van der Waals surface area contributed by atoms with Gasteiger partial charge in [-0.25, -0.2) is 0 Å². The first-order valence-electron chi connectivity index (χ1n) is 23.4. The highest BCUT2D eigenvalue weighted by molar-refractivity contribution is 6.82. The summed E-state index contributed by atoms with van der Waals surface area (Å²) < 4.78 is 8.72. The van der Waals surface area contributed by atoms with Crippen LogP contribution in [0.2, 0.25) is 16.6 Å². The molecule has 0 spiro atoms. The number of aromatic amines is 1. The summed E-state index contributed by atoms with van der Waals surface area (Å²) in [6.45, 7) is 37.0. The molecule has 3 heterocycles. The van der Waals surface area contributed by atoms with E-state index >= 15 is 0 Å². The Morgan fingerprint density at radius 2 is 1.60 bits per heavy atom. The maximum atomic E-state index is 13.3. The van der Waals surface area contributed by atoms with Gasteiger partial charge in [0.15, 0.2) is 8.24 Å². The van der Waals surface area contributed by atoms with Crippen LogP contribution in [0, 0.1) is 51.2 Å². The molecule has 7 unspecified atom stereocenters. The summed E-state index contributed by atoms with van der Waals surface area (Å²) in [6, 6.07) is 0. The average molecular weight is 814 g/mol. The number of allylic oxidation sites excluding steroid dienone is 2. The predicted octanol–water partition coefficient (Wildman–Crippen LogP) is 10.9. The Balaban J connectivity index is 1.41. The van der Waals surface area contributed by atoms with Crippen LogP contribution in [-0.4, -0.2) is 64.9 Å². The van der Waals surface area contributed by atoms with Crippen LogP contribution in [0.15, 0.2) is 18.0 Å². The molecule has 0 bridgehead atoms. The fourth-order valence-electron chi connectivity index (χ4n) is 16.7. The quantitative estimate of drug-likeness (QED) is 0.229. The van der Waals surface area contributed by atoms with E-state index < -0.39 is 14.2 Å². The molecule has 1 saturated heterocycles. The van der Waals surface area contributed by atoms with Gasteiger partial charge in [0.05, 0.1) is 19.1 Å². The Morgan fingerprint density at radius 3 is 2.22 bits per heavy atom. The van der Waals surface area contributed by atoms with Crippen molar-refractivity contribution in [1.29, 1.82) is 0 Å². The Hall–Kier alpha value is -2.36. The zero-order valence-corrected chi connectivity index (χ0v) is 39.6. The number of rotatable bonds is 8. The van der Waals surface area contributed by atoms with E-state index in [4.69, 9.17) is 10.5 Å². The van der Waals surface area contributed by atoms with Crippen LogP contribution >= 0.6 is 0 Å². The highest BCUT2D eigenvalue weighted by atomic mass is 28.3. The topological polar surface area (TPSA) is 109 Å². The summed E-state index contributed by atoms with van der Waals surface area (Å²) in [5.41, 5.74) is 17.1. The van der Waals surface area contributed by atoms with Crippen molar-refractivity contribution >= 4 is 25.6 Å². The lowest BCUT2D eigenvalue weighted by atomic mass is 9.33. The maximum absolute atomic E-state index is 13.3. The van der Waals surface area contributed by atoms with E-state index in [1.807, 2.05) is 0 Å². The normalized spacial score (nSPS) is 36.0.